The molecule has 1 unspecified atom stereocenters. The van der Waals surface area contributed by atoms with E-state index in [1.807, 2.05) is 0 Å². The highest BCUT2D eigenvalue weighted by Gasteiger charge is 2.54. The van der Waals surface area contributed by atoms with Crippen LogP contribution in [0.4, 0.5) is 0 Å². The van der Waals surface area contributed by atoms with Crippen LogP contribution >= 0.6 is 0 Å². The Labute approximate surface area is 135 Å². The highest BCUT2D eigenvalue weighted by Crippen LogP contribution is 2.24. The molecule has 5 N–H and O–H groups in total. The lowest BCUT2D eigenvalue weighted by atomic mass is 9.80. The van der Waals surface area contributed by atoms with Gasteiger partial charge < -0.3 is 16.6 Å². The van der Waals surface area contributed by atoms with Gasteiger partial charge in [-0.3, -0.25) is 9.59 Å². The zero-order valence-corrected chi connectivity index (χ0v) is 12.5. The van der Waals surface area contributed by atoms with Gasteiger partial charge in [0, 0.05) is 0 Å². The molecule has 0 aliphatic heterocycles. The largest absolute Gasteiger partial charge is 0.479 e. The van der Waals surface area contributed by atoms with Gasteiger partial charge in [0.1, 0.15) is 0 Å². The quantitative estimate of drug-likeness (QED) is 0.477. The van der Waals surface area contributed by atoms with E-state index < -0.39 is 29.2 Å². The summed E-state index contributed by atoms with van der Waals surface area (Å²) >= 11 is 0. The first-order valence-electron chi connectivity index (χ1n) is 6.97. The van der Waals surface area contributed by atoms with Crippen molar-refractivity contribution in [2.75, 3.05) is 6.54 Å². The lowest BCUT2D eigenvalue weighted by Gasteiger charge is -2.29. The predicted octanol–water partition coefficient (Wildman–Crippen LogP) is -2.01. The summed E-state index contributed by atoms with van der Waals surface area (Å²) in [6, 6.07) is 0. The molecule has 0 radical (unpaired) electrons. The monoisotopic (exact) mass is 336 g/mol. The minimum Gasteiger partial charge on any atom is -0.479 e. The van der Waals surface area contributed by atoms with Gasteiger partial charge in [0.2, 0.25) is 5.54 Å². The van der Waals surface area contributed by atoms with Crippen LogP contribution in [0.1, 0.15) is 22.4 Å². The van der Waals surface area contributed by atoms with Gasteiger partial charge in [-0.05, 0) is 19.4 Å². The Balaban J connectivity index is 2.47. The van der Waals surface area contributed by atoms with Crippen molar-refractivity contribution in [3.8, 4) is 0 Å². The molecule has 24 heavy (non-hydrogen) atoms. The van der Waals surface area contributed by atoms with Gasteiger partial charge in [-0.25, -0.2) is 4.79 Å². The van der Waals surface area contributed by atoms with Crippen LogP contribution in [0.5, 0.6) is 0 Å². The first-order chi connectivity index (χ1) is 11.4. The highest BCUT2D eigenvalue weighted by atomic mass is 16.4. The van der Waals surface area contributed by atoms with Crippen LogP contribution in [0, 0.1) is 5.92 Å². The molecule has 0 spiro atoms. The maximum Gasteiger partial charge on any atom is 0.334 e. The number of rotatable bonds is 7. The summed E-state index contributed by atoms with van der Waals surface area (Å²) in [6.45, 7) is 0.181. The van der Waals surface area contributed by atoms with Gasteiger partial charge in [-0.2, -0.15) is 20.4 Å². The fraction of sp³-hybridized carbons (Fsp3) is 0.417. The van der Waals surface area contributed by atoms with Crippen LogP contribution in [0.25, 0.3) is 0 Å². The summed E-state index contributed by atoms with van der Waals surface area (Å²) in [6.07, 6.45) is 5.08. The summed E-state index contributed by atoms with van der Waals surface area (Å²) in [4.78, 5) is 38.1. The first-order valence-corrected chi connectivity index (χ1v) is 6.97. The smallest absolute Gasteiger partial charge is 0.334 e. The van der Waals surface area contributed by atoms with E-state index in [0.717, 1.165) is 0 Å². The molecule has 0 fully saturated rings. The van der Waals surface area contributed by atoms with Crippen molar-refractivity contribution in [2.45, 2.75) is 18.4 Å². The normalized spacial score (nSPS) is 14.8. The molecule has 2 aromatic rings. The van der Waals surface area contributed by atoms with Crippen molar-refractivity contribution < 1.29 is 19.5 Å². The van der Waals surface area contributed by atoms with Crippen molar-refractivity contribution >= 4 is 17.8 Å². The Bertz CT molecular complexity index is 714. The molecular formula is C12H16N8O4. The average Bonchev–Trinajstić information content (AvgIpc) is 3.26. The Morgan fingerprint density at radius 2 is 1.54 bits per heavy atom. The van der Waals surface area contributed by atoms with Gasteiger partial charge in [0.25, 0.3) is 11.8 Å². The van der Waals surface area contributed by atoms with Gasteiger partial charge >= 0.3 is 5.97 Å². The number of hydrogen-bond donors (Lipinski definition) is 3. The van der Waals surface area contributed by atoms with Crippen LogP contribution < -0.4 is 11.5 Å². The van der Waals surface area contributed by atoms with E-state index in [9.17, 15) is 19.5 Å². The number of carboxylic acids is 1. The Morgan fingerprint density at radius 3 is 2.00 bits per heavy atom. The van der Waals surface area contributed by atoms with Crippen molar-refractivity contribution in [3.05, 3.63) is 24.8 Å². The Hall–Kier alpha value is -2.99. The minimum absolute atomic E-state index is 0.0489. The number of aromatic nitrogens is 6. The molecule has 2 aromatic heterocycles. The van der Waals surface area contributed by atoms with E-state index in [0.29, 0.717) is 9.59 Å². The van der Waals surface area contributed by atoms with Crippen molar-refractivity contribution in [2.24, 2.45) is 17.4 Å². The Kier molecular flexibility index (Phi) is 5.11. The van der Waals surface area contributed by atoms with E-state index in [4.69, 9.17) is 11.5 Å². The van der Waals surface area contributed by atoms with Crippen molar-refractivity contribution in [1.82, 2.24) is 30.0 Å². The van der Waals surface area contributed by atoms with E-state index in [1.165, 1.54) is 24.8 Å². The summed E-state index contributed by atoms with van der Waals surface area (Å²) in [5, 5.41) is 24.1. The summed E-state index contributed by atoms with van der Waals surface area (Å²) in [5.41, 5.74) is 8.72. The third-order valence-corrected chi connectivity index (χ3v) is 3.47. The van der Waals surface area contributed by atoms with E-state index in [1.54, 1.807) is 0 Å². The van der Waals surface area contributed by atoms with E-state index in [2.05, 4.69) is 20.4 Å². The second-order valence-electron chi connectivity index (χ2n) is 4.94. The molecule has 0 saturated carbocycles. The first kappa shape index (κ1) is 17.4. The molecule has 2 rings (SSSR count). The minimum atomic E-state index is -2.60. The number of carbonyl (C=O) groups is 3. The average molecular weight is 336 g/mol. The molecule has 128 valence electrons. The number of nitrogens with zero attached hydrogens (tertiary/aromatic N) is 6. The van der Waals surface area contributed by atoms with Crippen LogP contribution in [-0.4, -0.2) is 65.0 Å². The molecule has 12 nitrogen and oxygen atoms in total. The lowest BCUT2D eigenvalue weighted by molar-refractivity contribution is -0.143. The summed E-state index contributed by atoms with van der Waals surface area (Å²) in [5.74, 6) is -5.13. The maximum atomic E-state index is 12.6. The molecule has 12 heteroatoms. The molecule has 0 saturated heterocycles. The third kappa shape index (κ3) is 3.04. The number of hydrogen-bond acceptors (Lipinski definition) is 9. The number of carboxylic acid groups (broad SMARTS) is 1. The maximum absolute atomic E-state index is 12.6. The van der Waals surface area contributed by atoms with Gasteiger partial charge in [0.15, 0.2) is 0 Å². The predicted molar refractivity (Wildman–Crippen MR) is 77.6 cm³/mol. The topological polar surface area (TPSA) is 185 Å². The lowest BCUT2D eigenvalue weighted by Crippen LogP contribution is -2.64. The van der Waals surface area contributed by atoms with Crippen LogP contribution in [0.15, 0.2) is 24.8 Å². The van der Waals surface area contributed by atoms with Crippen LogP contribution in [0.2, 0.25) is 0 Å². The third-order valence-electron chi connectivity index (χ3n) is 3.47. The van der Waals surface area contributed by atoms with Gasteiger partial charge in [0.05, 0.1) is 30.7 Å². The fourth-order valence-corrected chi connectivity index (χ4v) is 2.21. The molecule has 2 heterocycles. The summed E-state index contributed by atoms with van der Waals surface area (Å²) in [7, 11) is 0. The highest BCUT2D eigenvalue weighted by molar-refractivity contribution is 6.10. The molecule has 0 aliphatic rings. The van der Waals surface area contributed by atoms with E-state index >= 15 is 0 Å². The molecular weight excluding hydrogens is 320 g/mol. The fourth-order valence-electron chi connectivity index (χ4n) is 2.21. The zero-order valence-electron chi connectivity index (χ0n) is 12.5. The zero-order chi connectivity index (χ0) is 17.7. The number of aliphatic carboxylic acids is 1. The molecule has 0 aromatic carbocycles. The van der Waals surface area contributed by atoms with Gasteiger partial charge in [-0.15, -0.1) is 9.59 Å². The molecule has 0 bridgehead atoms. The van der Waals surface area contributed by atoms with Crippen molar-refractivity contribution in [3.63, 3.8) is 0 Å². The van der Waals surface area contributed by atoms with Crippen LogP contribution in [-0.2, 0) is 4.79 Å². The standard InChI is InChI=1S/C12H16N8O4/c13-3-1-2-8(9(21)19-15-4-5-16-19)12(14,11(23)24)10(22)20-17-6-7-18-20/h4-8H,1-3,13-14H2,(H,23,24)/t8?,12-/m1/s1. The second kappa shape index (κ2) is 7.06. The molecule has 0 amide bonds. The van der Waals surface area contributed by atoms with Crippen LogP contribution in [0.3, 0.4) is 0 Å². The molecule has 2 atom stereocenters. The summed E-state index contributed by atoms with van der Waals surface area (Å²) < 4.78 is 0. The number of nitrogens with two attached hydrogens (primary N) is 2. The van der Waals surface area contributed by atoms with Gasteiger partial charge in [-0.1, -0.05) is 0 Å². The Morgan fingerprint density at radius 1 is 1.04 bits per heavy atom. The molecule has 0 aliphatic carbocycles. The SMILES string of the molecule is NCCCC(C(=O)n1nccn1)[C@](N)(C(=O)O)C(=O)n1nccn1. The second-order valence-corrected chi connectivity index (χ2v) is 4.94. The van der Waals surface area contributed by atoms with Crippen molar-refractivity contribution in [1.29, 1.82) is 0 Å². The number of carbonyl (C=O) groups excluding carboxylic acids is 2. The van der Waals surface area contributed by atoms with E-state index in [-0.39, 0.29) is 19.4 Å².